The average Bonchev–Trinajstić information content (AvgIpc) is 2.24. The van der Waals surface area contributed by atoms with E-state index in [9.17, 15) is 0 Å². The lowest BCUT2D eigenvalue weighted by Gasteiger charge is -2.13. The summed E-state index contributed by atoms with van der Waals surface area (Å²) in [5.74, 6) is 0. The number of halogens is 3. The minimum atomic E-state index is 0.446. The minimum Gasteiger partial charge on any atom is -0.362 e. The number of rotatable bonds is 4. The van der Waals surface area contributed by atoms with Gasteiger partial charge in [-0.1, -0.05) is 48.1 Å². The van der Waals surface area contributed by atoms with E-state index in [1.165, 1.54) is 0 Å². The van der Waals surface area contributed by atoms with Crippen LogP contribution in [0.5, 0.6) is 0 Å². The molecule has 0 spiro atoms. The zero-order chi connectivity index (χ0) is 12.8. The Morgan fingerprint density at radius 1 is 1.24 bits per heavy atom. The van der Waals surface area contributed by atoms with Gasteiger partial charge in [-0.25, -0.2) is 0 Å². The van der Waals surface area contributed by atoms with Crippen LogP contribution in [-0.2, 0) is 0 Å². The van der Waals surface area contributed by atoms with Crippen molar-refractivity contribution in [2.24, 2.45) is 0 Å². The Morgan fingerprint density at radius 3 is 2.35 bits per heavy atom. The van der Waals surface area contributed by atoms with Gasteiger partial charge < -0.3 is 10.6 Å². The molecule has 0 radical (unpaired) electrons. The molecule has 0 aliphatic heterocycles. The van der Waals surface area contributed by atoms with Gasteiger partial charge in [0.25, 0.3) is 0 Å². The van der Waals surface area contributed by atoms with Crippen molar-refractivity contribution >= 4 is 57.8 Å². The fraction of sp³-hybridized carbons (Fsp3) is 0.364. The third kappa shape index (κ3) is 4.88. The molecule has 17 heavy (non-hydrogen) atoms. The molecule has 0 aromatic heterocycles. The molecule has 0 bridgehead atoms. The van der Waals surface area contributed by atoms with Gasteiger partial charge in [0.05, 0.1) is 15.7 Å². The molecule has 0 atom stereocenters. The fourth-order valence-corrected chi connectivity index (χ4v) is 2.31. The van der Waals surface area contributed by atoms with Crippen molar-refractivity contribution in [3.63, 3.8) is 0 Å². The predicted octanol–water partition coefficient (Wildman–Crippen LogP) is 4.73. The summed E-state index contributed by atoms with van der Waals surface area (Å²) in [4.78, 5) is 0. The lowest BCUT2D eigenvalue weighted by atomic mass is 10.3. The van der Waals surface area contributed by atoms with E-state index >= 15 is 0 Å². The maximum atomic E-state index is 6.02. The van der Waals surface area contributed by atoms with E-state index in [0.717, 1.165) is 19.4 Å². The summed E-state index contributed by atoms with van der Waals surface area (Å²) in [6.45, 7) is 2.94. The molecule has 6 heteroatoms. The molecule has 0 aliphatic carbocycles. The Labute approximate surface area is 122 Å². The van der Waals surface area contributed by atoms with Gasteiger partial charge in [-0.05, 0) is 30.8 Å². The van der Waals surface area contributed by atoms with Gasteiger partial charge in [0.1, 0.15) is 0 Å². The third-order valence-corrected chi connectivity index (χ3v) is 3.12. The van der Waals surface area contributed by atoms with E-state index < -0.39 is 0 Å². The zero-order valence-corrected chi connectivity index (χ0v) is 12.4. The molecular weight excluding hydrogens is 299 g/mol. The van der Waals surface area contributed by atoms with Crippen molar-refractivity contribution in [1.29, 1.82) is 0 Å². The van der Waals surface area contributed by atoms with Gasteiger partial charge in [0, 0.05) is 11.6 Å². The highest BCUT2D eigenvalue weighted by molar-refractivity contribution is 7.80. The van der Waals surface area contributed by atoms with Crippen molar-refractivity contribution in [2.45, 2.75) is 19.8 Å². The largest absolute Gasteiger partial charge is 0.362 e. The molecule has 0 saturated carbocycles. The van der Waals surface area contributed by atoms with Crippen molar-refractivity contribution < 1.29 is 0 Å². The second kappa shape index (κ2) is 7.27. The lowest BCUT2D eigenvalue weighted by molar-refractivity contribution is 0.758. The first-order valence-electron chi connectivity index (χ1n) is 5.24. The maximum absolute atomic E-state index is 6.02. The molecule has 2 N–H and O–H groups in total. The summed E-state index contributed by atoms with van der Waals surface area (Å²) in [5, 5.41) is 7.93. The molecule has 0 fully saturated rings. The van der Waals surface area contributed by atoms with Crippen molar-refractivity contribution in [2.75, 3.05) is 11.9 Å². The molecule has 0 unspecified atom stereocenters. The van der Waals surface area contributed by atoms with Gasteiger partial charge in [0.15, 0.2) is 5.11 Å². The topological polar surface area (TPSA) is 24.1 Å². The van der Waals surface area contributed by atoms with Crippen molar-refractivity contribution in [3.8, 4) is 0 Å². The highest BCUT2D eigenvalue weighted by atomic mass is 35.5. The van der Waals surface area contributed by atoms with Crippen molar-refractivity contribution in [3.05, 3.63) is 27.2 Å². The molecule has 0 aliphatic rings. The Bertz CT molecular complexity index is 387. The minimum absolute atomic E-state index is 0.446. The van der Waals surface area contributed by atoms with Crippen LogP contribution in [0.25, 0.3) is 0 Å². The van der Waals surface area contributed by atoms with Crippen LogP contribution in [0.1, 0.15) is 19.8 Å². The summed E-state index contributed by atoms with van der Waals surface area (Å²) in [7, 11) is 0. The van der Waals surface area contributed by atoms with Gasteiger partial charge in [0.2, 0.25) is 0 Å². The van der Waals surface area contributed by atoms with Crippen LogP contribution in [0.2, 0.25) is 15.1 Å². The summed E-state index contributed by atoms with van der Waals surface area (Å²) in [5.41, 5.74) is 0.576. The number of benzene rings is 1. The van der Waals surface area contributed by atoms with Crippen LogP contribution < -0.4 is 10.6 Å². The quantitative estimate of drug-likeness (QED) is 0.621. The van der Waals surface area contributed by atoms with E-state index in [4.69, 9.17) is 47.0 Å². The Kier molecular flexibility index (Phi) is 6.34. The molecule has 94 valence electrons. The van der Waals surface area contributed by atoms with E-state index in [2.05, 4.69) is 17.6 Å². The molecule has 1 aromatic rings. The SMILES string of the molecule is CCCCNC(=S)Nc1c(Cl)cc(Cl)cc1Cl. The first kappa shape index (κ1) is 14.8. The van der Waals surface area contributed by atoms with Crippen LogP contribution >= 0.6 is 47.0 Å². The molecule has 0 heterocycles. The highest BCUT2D eigenvalue weighted by Gasteiger charge is 2.08. The summed E-state index contributed by atoms with van der Waals surface area (Å²) < 4.78 is 0. The van der Waals surface area contributed by atoms with E-state index in [0.29, 0.717) is 25.9 Å². The van der Waals surface area contributed by atoms with Gasteiger partial charge >= 0.3 is 0 Å². The van der Waals surface area contributed by atoms with Gasteiger partial charge in [-0.2, -0.15) is 0 Å². The summed E-state index contributed by atoms with van der Waals surface area (Å²) >= 11 is 23.0. The fourth-order valence-electron chi connectivity index (χ4n) is 1.20. The summed E-state index contributed by atoms with van der Waals surface area (Å²) in [6, 6.07) is 3.23. The first-order chi connectivity index (χ1) is 8.04. The monoisotopic (exact) mass is 310 g/mol. The Morgan fingerprint density at radius 2 is 1.82 bits per heavy atom. The average molecular weight is 312 g/mol. The number of hydrogen-bond donors (Lipinski definition) is 2. The van der Waals surface area contributed by atoms with Crippen LogP contribution in [0, 0.1) is 0 Å². The van der Waals surface area contributed by atoms with Gasteiger partial charge in [-0.15, -0.1) is 0 Å². The predicted molar refractivity (Wildman–Crippen MR) is 80.6 cm³/mol. The Hall–Kier alpha value is -0.220. The van der Waals surface area contributed by atoms with Crippen LogP contribution in [-0.4, -0.2) is 11.7 Å². The number of thiocarbonyl (C=S) groups is 1. The zero-order valence-electron chi connectivity index (χ0n) is 9.32. The number of hydrogen-bond acceptors (Lipinski definition) is 1. The smallest absolute Gasteiger partial charge is 0.170 e. The number of unbranched alkanes of at least 4 members (excludes halogenated alkanes) is 1. The second-order valence-electron chi connectivity index (χ2n) is 3.48. The maximum Gasteiger partial charge on any atom is 0.170 e. The van der Waals surface area contributed by atoms with Crippen LogP contribution in [0.15, 0.2) is 12.1 Å². The highest BCUT2D eigenvalue weighted by Crippen LogP contribution is 2.33. The normalized spacial score (nSPS) is 10.1. The number of anilines is 1. The van der Waals surface area contributed by atoms with Gasteiger partial charge in [-0.3, -0.25) is 0 Å². The third-order valence-electron chi connectivity index (χ3n) is 2.06. The molecular formula is C11H13Cl3N2S. The number of nitrogens with one attached hydrogen (secondary N) is 2. The molecule has 1 rings (SSSR count). The lowest BCUT2D eigenvalue weighted by Crippen LogP contribution is -2.29. The van der Waals surface area contributed by atoms with E-state index in [1.807, 2.05) is 0 Å². The summed E-state index contributed by atoms with van der Waals surface area (Å²) in [6.07, 6.45) is 2.17. The molecule has 1 aromatic carbocycles. The molecule has 2 nitrogen and oxygen atoms in total. The molecule has 0 amide bonds. The van der Waals surface area contributed by atoms with Crippen molar-refractivity contribution in [1.82, 2.24) is 5.32 Å². The second-order valence-corrected chi connectivity index (χ2v) is 5.14. The van der Waals surface area contributed by atoms with Crippen LogP contribution in [0.3, 0.4) is 0 Å². The van der Waals surface area contributed by atoms with E-state index in [-0.39, 0.29) is 0 Å². The standard InChI is InChI=1S/C11H13Cl3N2S/c1-2-3-4-15-11(17)16-10-8(13)5-7(12)6-9(10)14/h5-6H,2-4H2,1H3,(H2,15,16,17). The Balaban J connectivity index is 2.65. The van der Waals surface area contributed by atoms with Crippen LogP contribution in [0.4, 0.5) is 5.69 Å². The first-order valence-corrected chi connectivity index (χ1v) is 6.78. The molecule has 0 saturated heterocycles. The van der Waals surface area contributed by atoms with E-state index in [1.54, 1.807) is 12.1 Å².